The Morgan fingerprint density at radius 2 is 1.50 bits per heavy atom. The van der Waals surface area contributed by atoms with Crippen molar-refractivity contribution in [3.05, 3.63) is 81.8 Å². The van der Waals surface area contributed by atoms with E-state index in [9.17, 15) is 9.59 Å². The van der Waals surface area contributed by atoms with Crippen LogP contribution in [0.15, 0.2) is 60.7 Å². The normalized spacial score (nSPS) is 13.1. The largest absolute Gasteiger partial charge is 0.497 e. The van der Waals surface area contributed by atoms with E-state index < -0.39 is 5.91 Å². The SMILES string of the molecule is COc1cc(OC)cc(C(=O)N2CCN(c3ccc(NC(=S)NC(=O)c4cc(Cl)ccc4Cl)cc3)CC2)c1. The van der Waals surface area contributed by atoms with E-state index in [1.807, 2.05) is 29.2 Å². The van der Waals surface area contributed by atoms with Crippen molar-refractivity contribution in [1.82, 2.24) is 10.2 Å². The molecule has 0 unspecified atom stereocenters. The van der Waals surface area contributed by atoms with Crippen molar-refractivity contribution < 1.29 is 19.1 Å². The van der Waals surface area contributed by atoms with Crippen LogP contribution >= 0.6 is 35.4 Å². The molecule has 0 atom stereocenters. The van der Waals surface area contributed by atoms with E-state index in [-0.39, 0.29) is 21.6 Å². The highest BCUT2D eigenvalue weighted by molar-refractivity contribution is 7.80. The van der Waals surface area contributed by atoms with Crippen molar-refractivity contribution in [3.63, 3.8) is 0 Å². The Morgan fingerprint density at radius 3 is 2.11 bits per heavy atom. The topological polar surface area (TPSA) is 83.1 Å². The number of anilines is 2. The molecule has 1 aliphatic heterocycles. The summed E-state index contributed by atoms with van der Waals surface area (Å²) >= 11 is 17.3. The molecule has 4 rings (SSSR count). The molecule has 0 aromatic heterocycles. The van der Waals surface area contributed by atoms with Crippen molar-refractivity contribution in [3.8, 4) is 11.5 Å². The molecule has 38 heavy (non-hydrogen) atoms. The van der Waals surface area contributed by atoms with Gasteiger partial charge in [-0.3, -0.25) is 14.9 Å². The third-order valence-electron chi connectivity index (χ3n) is 6.06. The summed E-state index contributed by atoms with van der Waals surface area (Å²) in [7, 11) is 3.12. The summed E-state index contributed by atoms with van der Waals surface area (Å²) in [6.07, 6.45) is 0. The van der Waals surface area contributed by atoms with Crippen molar-refractivity contribution in [2.24, 2.45) is 0 Å². The van der Waals surface area contributed by atoms with Crippen LogP contribution in [0.2, 0.25) is 10.0 Å². The van der Waals surface area contributed by atoms with Gasteiger partial charge in [0.1, 0.15) is 11.5 Å². The monoisotopic (exact) mass is 572 g/mol. The molecule has 2 amide bonds. The molecule has 0 bridgehead atoms. The molecule has 0 saturated carbocycles. The Bertz CT molecular complexity index is 1320. The second-order valence-corrected chi connectivity index (χ2v) is 9.71. The predicted molar refractivity (Wildman–Crippen MR) is 154 cm³/mol. The summed E-state index contributed by atoms with van der Waals surface area (Å²) in [5.41, 5.74) is 2.51. The average Bonchev–Trinajstić information content (AvgIpc) is 2.94. The second-order valence-electron chi connectivity index (χ2n) is 8.46. The van der Waals surface area contributed by atoms with Gasteiger partial charge in [-0.2, -0.15) is 0 Å². The third-order valence-corrected chi connectivity index (χ3v) is 6.82. The van der Waals surface area contributed by atoms with Crippen LogP contribution in [0.1, 0.15) is 20.7 Å². The highest BCUT2D eigenvalue weighted by Gasteiger charge is 2.23. The average molecular weight is 574 g/mol. The number of hydrogen-bond acceptors (Lipinski definition) is 6. The maximum atomic E-state index is 13.1. The lowest BCUT2D eigenvalue weighted by atomic mass is 10.1. The van der Waals surface area contributed by atoms with E-state index in [2.05, 4.69) is 15.5 Å². The van der Waals surface area contributed by atoms with Gasteiger partial charge in [-0.25, -0.2) is 0 Å². The molecule has 198 valence electrons. The Labute approximate surface area is 236 Å². The van der Waals surface area contributed by atoms with Crippen LogP contribution in [-0.4, -0.2) is 62.2 Å². The fourth-order valence-corrected chi connectivity index (χ4v) is 4.63. The van der Waals surface area contributed by atoms with Crippen molar-refractivity contribution in [2.75, 3.05) is 50.6 Å². The summed E-state index contributed by atoms with van der Waals surface area (Å²) in [6.45, 7) is 2.55. The van der Waals surface area contributed by atoms with Crippen molar-refractivity contribution in [1.29, 1.82) is 0 Å². The fourth-order valence-electron chi connectivity index (χ4n) is 4.04. The third kappa shape index (κ3) is 6.66. The first-order valence-electron chi connectivity index (χ1n) is 11.7. The number of amides is 2. The van der Waals surface area contributed by atoms with E-state index in [0.29, 0.717) is 48.3 Å². The molecule has 8 nitrogen and oxygen atoms in total. The number of thiocarbonyl (C=S) groups is 1. The van der Waals surface area contributed by atoms with Gasteiger partial charge in [-0.1, -0.05) is 23.2 Å². The molecule has 0 aliphatic carbocycles. The minimum absolute atomic E-state index is 0.0592. The first kappa shape index (κ1) is 27.5. The van der Waals surface area contributed by atoms with Crippen LogP contribution in [0, 0.1) is 0 Å². The highest BCUT2D eigenvalue weighted by atomic mass is 35.5. The lowest BCUT2D eigenvalue weighted by Crippen LogP contribution is -2.48. The predicted octanol–water partition coefficient (Wildman–Crippen LogP) is 5.10. The maximum absolute atomic E-state index is 13.1. The van der Waals surface area contributed by atoms with E-state index >= 15 is 0 Å². The standard InChI is InChI=1S/C27H26Cl2N4O4S/c1-36-21-13-17(14-22(16-21)37-2)26(35)33-11-9-32(10-12-33)20-6-4-19(5-7-20)30-27(38)31-25(34)23-15-18(28)3-8-24(23)29/h3-8,13-16H,9-12H2,1-2H3,(H2,30,31,34,38). The summed E-state index contributed by atoms with van der Waals surface area (Å²) in [5, 5.41) is 6.43. The van der Waals surface area contributed by atoms with Crippen LogP contribution < -0.4 is 25.0 Å². The smallest absolute Gasteiger partial charge is 0.258 e. The van der Waals surface area contributed by atoms with Crippen molar-refractivity contribution >= 4 is 63.7 Å². The lowest BCUT2D eigenvalue weighted by molar-refractivity contribution is 0.0745. The molecule has 0 spiro atoms. The minimum Gasteiger partial charge on any atom is -0.497 e. The molecular formula is C27H26Cl2N4O4S. The van der Waals surface area contributed by atoms with Crippen LogP contribution in [0.5, 0.6) is 11.5 Å². The van der Waals surface area contributed by atoms with Gasteiger partial charge in [0.2, 0.25) is 0 Å². The Kier molecular flexibility index (Phi) is 8.93. The number of carbonyl (C=O) groups excluding carboxylic acids is 2. The van der Waals surface area contributed by atoms with E-state index in [4.69, 9.17) is 44.9 Å². The number of methoxy groups -OCH3 is 2. The number of nitrogens with zero attached hydrogens (tertiary/aromatic N) is 2. The summed E-state index contributed by atoms with van der Waals surface area (Å²) < 4.78 is 10.6. The van der Waals surface area contributed by atoms with Gasteiger partial charge >= 0.3 is 0 Å². The number of nitrogens with one attached hydrogen (secondary N) is 2. The lowest BCUT2D eigenvalue weighted by Gasteiger charge is -2.36. The highest BCUT2D eigenvalue weighted by Crippen LogP contribution is 2.25. The Hall–Kier alpha value is -3.53. The summed E-state index contributed by atoms with van der Waals surface area (Å²) in [5.74, 6) is 0.641. The van der Waals surface area contributed by atoms with E-state index in [1.165, 1.54) is 6.07 Å². The van der Waals surface area contributed by atoms with E-state index in [1.54, 1.807) is 44.6 Å². The molecule has 0 radical (unpaired) electrons. The van der Waals surface area contributed by atoms with E-state index in [0.717, 1.165) is 11.4 Å². The van der Waals surface area contributed by atoms with Crippen LogP contribution in [0.3, 0.4) is 0 Å². The minimum atomic E-state index is -0.452. The zero-order valence-corrected chi connectivity index (χ0v) is 23.1. The molecule has 11 heteroatoms. The molecular weight excluding hydrogens is 547 g/mol. The number of piperazine rings is 1. The fraction of sp³-hybridized carbons (Fsp3) is 0.222. The summed E-state index contributed by atoms with van der Waals surface area (Å²) in [4.78, 5) is 29.6. The maximum Gasteiger partial charge on any atom is 0.258 e. The number of carbonyl (C=O) groups is 2. The number of hydrogen-bond donors (Lipinski definition) is 2. The molecule has 1 heterocycles. The quantitative estimate of drug-likeness (QED) is 0.397. The van der Waals surface area contributed by atoms with Gasteiger partial charge in [0.25, 0.3) is 11.8 Å². The van der Waals surface area contributed by atoms with Crippen molar-refractivity contribution in [2.45, 2.75) is 0 Å². The molecule has 1 saturated heterocycles. The van der Waals surface area contributed by atoms with Gasteiger partial charge in [0, 0.05) is 54.2 Å². The van der Waals surface area contributed by atoms with Crippen LogP contribution in [0.25, 0.3) is 0 Å². The number of benzene rings is 3. The number of ether oxygens (including phenoxy) is 2. The zero-order valence-electron chi connectivity index (χ0n) is 20.8. The Morgan fingerprint density at radius 1 is 0.868 bits per heavy atom. The first-order valence-corrected chi connectivity index (χ1v) is 12.9. The number of rotatable bonds is 6. The summed E-state index contributed by atoms with van der Waals surface area (Å²) in [6, 6.07) is 17.5. The van der Waals surface area contributed by atoms with Crippen LogP contribution in [-0.2, 0) is 0 Å². The Balaban J connectivity index is 1.31. The van der Waals surface area contributed by atoms with Gasteiger partial charge < -0.3 is 24.6 Å². The number of halogens is 2. The van der Waals surface area contributed by atoms with Gasteiger partial charge in [-0.05, 0) is 66.8 Å². The van der Waals surface area contributed by atoms with Crippen LogP contribution in [0.4, 0.5) is 11.4 Å². The molecule has 2 N–H and O–H groups in total. The zero-order chi connectivity index (χ0) is 27.2. The molecule has 3 aromatic carbocycles. The molecule has 1 fully saturated rings. The van der Waals surface area contributed by atoms with Gasteiger partial charge in [-0.15, -0.1) is 0 Å². The second kappa shape index (κ2) is 12.3. The molecule has 3 aromatic rings. The van der Waals surface area contributed by atoms with Gasteiger partial charge in [0.05, 0.1) is 24.8 Å². The first-order chi connectivity index (χ1) is 18.3. The molecule has 1 aliphatic rings. The van der Waals surface area contributed by atoms with Gasteiger partial charge in [0.15, 0.2) is 5.11 Å².